The van der Waals surface area contributed by atoms with E-state index in [1.165, 1.54) is 12.3 Å². The number of benzene rings is 3. The fraction of sp³-hybridized carbons (Fsp3) is 0.111. The molecule has 8 heteroatoms. The Labute approximate surface area is 203 Å². The first-order valence-electron chi connectivity index (χ1n) is 10.9. The van der Waals surface area contributed by atoms with Gasteiger partial charge >= 0.3 is 0 Å². The summed E-state index contributed by atoms with van der Waals surface area (Å²) in [7, 11) is -2.19. The Morgan fingerprint density at radius 1 is 0.943 bits per heavy atom. The standard InChI is InChI=1S/C27H23N3O4S/c1-17-18(2)26(24(33-3)16-23(17)19-7-5-4-6-8-19)27-22-10-9-21(15-20(22)11-13-28-27)35(31,32)30-25-12-14-34-29-25/h4-16H,1-3H3,(H,29,30). The molecule has 0 amide bonds. The molecule has 2 aromatic heterocycles. The highest BCUT2D eigenvalue weighted by molar-refractivity contribution is 7.92. The molecule has 2 heterocycles. The molecule has 0 saturated heterocycles. The summed E-state index contributed by atoms with van der Waals surface area (Å²) in [6, 6.07) is 20.4. The molecule has 0 saturated carbocycles. The number of rotatable bonds is 6. The molecule has 0 radical (unpaired) electrons. The smallest absolute Gasteiger partial charge is 0.263 e. The second-order valence-corrected chi connectivity index (χ2v) is 9.83. The lowest BCUT2D eigenvalue weighted by molar-refractivity contribution is 0.416. The molecule has 35 heavy (non-hydrogen) atoms. The summed E-state index contributed by atoms with van der Waals surface area (Å²) < 4.78 is 38.6. The number of aromatic nitrogens is 2. The second-order valence-electron chi connectivity index (χ2n) is 8.15. The summed E-state index contributed by atoms with van der Waals surface area (Å²) in [5.74, 6) is 0.825. The molecular formula is C27H23N3O4S. The van der Waals surface area contributed by atoms with Crippen molar-refractivity contribution in [3.05, 3.63) is 90.3 Å². The van der Waals surface area contributed by atoms with Crippen LogP contribution in [0, 0.1) is 13.8 Å². The van der Waals surface area contributed by atoms with Gasteiger partial charge in [-0.1, -0.05) is 41.6 Å². The molecule has 176 valence electrons. The van der Waals surface area contributed by atoms with Crippen LogP contribution in [0.2, 0.25) is 0 Å². The van der Waals surface area contributed by atoms with Crippen LogP contribution in [0.15, 0.2) is 88.6 Å². The van der Waals surface area contributed by atoms with Gasteiger partial charge in [-0.15, -0.1) is 0 Å². The van der Waals surface area contributed by atoms with E-state index in [-0.39, 0.29) is 10.7 Å². The van der Waals surface area contributed by atoms with Crippen molar-refractivity contribution >= 4 is 26.6 Å². The zero-order valence-corrected chi connectivity index (χ0v) is 20.3. The fourth-order valence-corrected chi connectivity index (χ4v) is 5.27. The van der Waals surface area contributed by atoms with Gasteiger partial charge in [-0.05, 0) is 65.8 Å². The van der Waals surface area contributed by atoms with Gasteiger partial charge in [0.15, 0.2) is 5.82 Å². The summed E-state index contributed by atoms with van der Waals surface area (Å²) in [4.78, 5) is 4.79. The van der Waals surface area contributed by atoms with Gasteiger partial charge in [-0.3, -0.25) is 9.71 Å². The molecule has 3 aromatic carbocycles. The van der Waals surface area contributed by atoms with Gasteiger partial charge < -0.3 is 9.26 Å². The van der Waals surface area contributed by atoms with Crippen molar-refractivity contribution in [3.8, 4) is 28.1 Å². The van der Waals surface area contributed by atoms with Crippen molar-refractivity contribution in [2.75, 3.05) is 11.8 Å². The van der Waals surface area contributed by atoms with Gasteiger partial charge in [0.25, 0.3) is 10.0 Å². The first kappa shape index (κ1) is 22.6. The number of hydrogen-bond donors (Lipinski definition) is 1. The van der Waals surface area contributed by atoms with Gasteiger partial charge in [0.1, 0.15) is 12.0 Å². The minimum Gasteiger partial charge on any atom is -0.496 e. The highest BCUT2D eigenvalue weighted by Gasteiger charge is 2.21. The number of methoxy groups -OCH3 is 1. The Balaban J connectivity index is 1.64. The molecular weight excluding hydrogens is 462 g/mol. The quantitative estimate of drug-likeness (QED) is 0.318. The number of ether oxygens (including phenoxy) is 1. The maximum Gasteiger partial charge on any atom is 0.263 e. The van der Waals surface area contributed by atoms with Crippen molar-refractivity contribution in [3.63, 3.8) is 0 Å². The Morgan fingerprint density at radius 2 is 1.74 bits per heavy atom. The van der Waals surface area contributed by atoms with E-state index in [0.717, 1.165) is 44.3 Å². The van der Waals surface area contributed by atoms with Crippen molar-refractivity contribution in [2.45, 2.75) is 18.7 Å². The van der Waals surface area contributed by atoms with Crippen LogP contribution in [0.25, 0.3) is 33.2 Å². The summed E-state index contributed by atoms with van der Waals surface area (Å²) in [6.07, 6.45) is 2.98. The highest BCUT2D eigenvalue weighted by atomic mass is 32.2. The molecule has 5 aromatic rings. The average molecular weight is 486 g/mol. The van der Waals surface area contributed by atoms with Crippen molar-refractivity contribution < 1.29 is 17.7 Å². The Bertz CT molecular complexity index is 1630. The third-order valence-corrected chi connectivity index (χ3v) is 7.48. The number of hydrogen-bond acceptors (Lipinski definition) is 6. The predicted octanol–water partition coefficient (Wildman–Crippen LogP) is 5.98. The minimum absolute atomic E-state index is 0.115. The molecule has 1 N–H and O–H groups in total. The van der Waals surface area contributed by atoms with E-state index in [1.54, 1.807) is 37.6 Å². The van der Waals surface area contributed by atoms with E-state index in [9.17, 15) is 8.42 Å². The number of nitrogens with one attached hydrogen (secondary N) is 1. The molecule has 0 atom stereocenters. The van der Waals surface area contributed by atoms with E-state index < -0.39 is 10.0 Å². The van der Waals surface area contributed by atoms with Crippen LogP contribution >= 0.6 is 0 Å². The van der Waals surface area contributed by atoms with Gasteiger partial charge in [-0.2, -0.15) is 0 Å². The van der Waals surface area contributed by atoms with Gasteiger partial charge in [0.05, 0.1) is 17.7 Å². The Kier molecular flexibility index (Phi) is 5.74. The van der Waals surface area contributed by atoms with Crippen LogP contribution in [0.1, 0.15) is 11.1 Å². The van der Waals surface area contributed by atoms with Crippen LogP contribution < -0.4 is 9.46 Å². The fourth-order valence-electron chi connectivity index (χ4n) is 4.24. The molecule has 0 fully saturated rings. The van der Waals surface area contributed by atoms with E-state index in [0.29, 0.717) is 5.75 Å². The topological polar surface area (TPSA) is 94.3 Å². The number of sulfonamides is 1. The zero-order chi connectivity index (χ0) is 24.6. The molecule has 0 spiro atoms. The number of fused-ring (bicyclic) bond motifs is 1. The second kappa shape index (κ2) is 8.88. The SMILES string of the molecule is COc1cc(-c2ccccc2)c(C)c(C)c1-c1nccc2cc(S(=O)(=O)Nc3ccon3)ccc12. The van der Waals surface area contributed by atoms with Crippen LogP contribution in [-0.4, -0.2) is 25.7 Å². The van der Waals surface area contributed by atoms with Crippen LogP contribution in [-0.2, 0) is 10.0 Å². The van der Waals surface area contributed by atoms with Gasteiger partial charge in [0, 0.05) is 23.2 Å². The minimum atomic E-state index is -3.83. The first-order chi connectivity index (χ1) is 16.9. The molecule has 0 bridgehead atoms. The van der Waals surface area contributed by atoms with Gasteiger partial charge in [-0.25, -0.2) is 8.42 Å². The predicted molar refractivity (Wildman–Crippen MR) is 136 cm³/mol. The van der Waals surface area contributed by atoms with Crippen molar-refractivity contribution in [1.82, 2.24) is 10.1 Å². The highest BCUT2D eigenvalue weighted by Crippen LogP contribution is 2.42. The third-order valence-electron chi connectivity index (χ3n) is 6.13. The van der Waals surface area contributed by atoms with E-state index >= 15 is 0 Å². The maximum absolute atomic E-state index is 12.8. The molecule has 7 nitrogen and oxygen atoms in total. The lowest BCUT2D eigenvalue weighted by Gasteiger charge is -2.19. The molecule has 0 aliphatic carbocycles. The zero-order valence-electron chi connectivity index (χ0n) is 19.4. The number of anilines is 1. The number of nitrogens with zero attached hydrogens (tertiary/aromatic N) is 2. The summed E-state index contributed by atoms with van der Waals surface area (Å²) in [6.45, 7) is 4.15. The monoisotopic (exact) mass is 485 g/mol. The normalized spacial score (nSPS) is 11.5. The molecule has 5 rings (SSSR count). The van der Waals surface area contributed by atoms with Crippen LogP contribution in [0.4, 0.5) is 5.82 Å². The van der Waals surface area contributed by atoms with Gasteiger partial charge in [0.2, 0.25) is 0 Å². The summed E-state index contributed by atoms with van der Waals surface area (Å²) >= 11 is 0. The first-order valence-corrected chi connectivity index (χ1v) is 12.4. The van der Waals surface area contributed by atoms with Crippen molar-refractivity contribution in [2.24, 2.45) is 0 Å². The Morgan fingerprint density at radius 3 is 2.46 bits per heavy atom. The van der Waals surface area contributed by atoms with E-state index in [4.69, 9.17) is 9.26 Å². The lowest BCUT2D eigenvalue weighted by atomic mass is 9.90. The summed E-state index contributed by atoms with van der Waals surface area (Å²) in [5.41, 5.74) is 5.99. The lowest BCUT2D eigenvalue weighted by Crippen LogP contribution is -2.13. The average Bonchev–Trinajstić information content (AvgIpc) is 3.38. The van der Waals surface area contributed by atoms with E-state index in [2.05, 4.69) is 40.8 Å². The van der Waals surface area contributed by atoms with Crippen LogP contribution in [0.5, 0.6) is 5.75 Å². The largest absolute Gasteiger partial charge is 0.496 e. The summed E-state index contributed by atoms with van der Waals surface area (Å²) in [5, 5.41) is 5.18. The molecule has 0 aliphatic heterocycles. The third kappa shape index (κ3) is 4.13. The Hall–Kier alpha value is -4.17. The molecule has 0 unspecified atom stereocenters. The van der Waals surface area contributed by atoms with E-state index in [1.807, 2.05) is 24.3 Å². The maximum atomic E-state index is 12.8. The molecule has 0 aliphatic rings. The van der Waals surface area contributed by atoms with Crippen LogP contribution in [0.3, 0.4) is 0 Å². The van der Waals surface area contributed by atoms with Crippen molar-refractivity contribution in [1.29, 1.82) is 0 Å². The number of pyridine rings is 1.